The summed E-state index contributed by atoms with van der Waals surface area (Å²) in [5, 5.41) is 3.21. The minimum absolute atomic E-state index is 0.0266. The normalized spacial score (nSPS) is 12.6. The van der Waals surface area contributed by atoms with E-state index in [0.717, 1.165) is 41.5 Å². The molecule has 4 rings (SSSR count). The van der Waals surface area contributed by atoms with Crippen LogP contribution in [0.5, 0.6) is 0 Å². The average Bonchev–Trinajstić information content (AvgIpc) is 3.01. The van der Waals surface area contributed by atoms with Gasteiger partial charge in [0.2, 0.25) is 12.4 Å². The Labute approximate surface area is 248 Å². The predicted octanol–water partition coefficient (Wildman–Crippen LogP) is 4.68. The second-order valence-corrected chi connectivity index (χ2v) is 10.4. The molecule has 1 saturated heterocycles. The SMILES string of the molecule is CCOC.CCOC.CN(C)Sc1ccc(-c2ccnc(Nc3ccc(C(=O)N4CCN(C=O)CC4)cc3)n2)cc1. The number of anilines is 2. The molecule has 2 amide bonds. The molecule has 222 valence electrons. The van der Waals surface area contributed by atoms with Gasteiger partial charge in [0.25, 0.3) is 5.91 Å². The van der Waals surface area contributed by atoms with Gasteiger partial charge in [0.15, 0.2) is 0 Å². The first kappa shape index (κ1) is 33.7. The number of ether oxygens (including phenoxy) is 2. The molecule has 1 aromatic heterocycles. The zero-order valence-electron chi connectivity index (χ0n) is 24.9. The van der Waals surface area contributed by atoms with E-state index in [4.69, 9.17) is 0 Å². The van der Waals surface area contributed by atoms with Gasteiger partial charge in [-0.3, -0.25) is 13.9 Å². The van der Waals surface area contributed by atoms with Crippen molar-refractivity contribution < 1.29 is 19.1 Å². The van der Waals surface area contributed by atoms with E-state index in [2.05, 4.69) is 36.9 Å². The molecule has 1 fully saturated rings. The number of aromatic nitrogens is 2. The molecule has 0 spiro atoms. The Kier molecular flexibility index (Phi) is 15.4. The number of carbonyl (C=O) groups is 2. The number of hydrogen-bond acceptors (Lipinski definition) is 9. The van der Waals surface area contributed by atoms with Gasteiger partial charge in [0.1, 0.15) is 0 Å². The highest BCUT2D eigenvalue weighted by atomic mass is 32.2. The fourth-order valence-electron chi connectivity index (χ4n) is 3.52. The van der Waals surface area contributed by atoms with Crippen LogP contribution >= 0.6 is 11.9 Å². The maximum Gasteiger partial charge on any atom is 0.253 e. The van der Waals surface area contributed by atoms with Gasteiger partial charge in [-0.2, -0.15) is 0 Å². The summed E-state index contributed by atoms with van der Waals surface area (Å²) in [7, 11) is 7.39. The van der Waals surface area contributed by atoms with Gasteiger partial charge < -0.3 is 24.6 Å². The van der Waals surface area contributed by atoms with Crippen molar-refractivity contribution in [3.05, 3.63) is 66.4 Å². The summed E-state index contributed by atoms with van der Waals surface area (Å²) in [6.45, 7) is 7.79. The molecule has 0 aliphatic carbocycles. The highest BCUT2D eigenvalue weighted by Crippen LogP contribution is 2.25. The van der Waals surface area contributed by atoms with Crippen molar-refractivity contribution in [3.8, 4) is 11.3 Å². The molecular formula is C30H42N6O4S. The Morgan fingerprint density at radius 3 is 2.05 bits per heavy atom. The number of nitrogens with zero attached hydrogens (tertiary/aromatic N) is 5. The first-order valence-corrected chi connectivity index (χ1v) is 14.2. The highest BCUT2D eigenvalue weighted by molar-refractivity contribution is 7.97. The topological polar surface area (TPSA) is 100 Å². The quantitative estimate of drug-likeness (QED) is 0.285. The first-order chi connectivity index (χ1) is 19.8. The summed E-state index contributed by atoms with van der Waals surface area (Å²) in [6.07, 6.45) is 2.56. The molecule has 1 aliphatic heterocycles. The first-order valence-electron chi connectivity index (χ1n) is 13.5. The van der Waals surface area contributed by atoms with Crippen molar-refractivity contribution >= 4 is 35.9 Å². The summed E-state index contributed by atoms with van der Waals surface area (Å²) in [5.41, 5.74) is 3.26. The number of rotatable bonds is 9. The molecular weight excluding hydrogens is 540 g/mol. The third kappa shape index (κ3) is 11.9. The Balaban J connectivity index is 0.000000653. The third-order valence-corrected chi connectivity index (χ3v) is 6.66. The Bertz CT molecular complexity index is 1160. The lowest BCUT2D eigenvalue weighted by Crippen LogP contribution is -2.48. The van der Waals surface area contributed by atoms with Crippen LogP contribution in [-0.2, 0) is 14.3 Å². The summed E-state index contributed by atoms with van der Waals surface area (Å²) >= 11 is 1.67. The molecule has 0 bridgehead atoms. The number of benzene rings is 2. The van der Waals surface area contributed by atoms with E-state index in [1.54, 1.807) is 54.3 Å². The second-order valence-electron chi connectivity index (χ2n) is 8.98. The van der Waals surface area contributed by atoms with Crippen LogP contribution in [0.3, 0.4) is 0 Å². The number of hydrogen-bond donors (Lipinski definition) is 1. The van der Waals surface area contributed by atoms with Gasteiger partial charge in [0, 0.05) is 81.5 Å². The minimum Gasteiger partial charge on any atom is -0.385 e. The zero-order chi connectivity index (χ0) is 30.0. The Hall–Kier alpha value is -3.51. The van der Waals surface area contributed by atoms with Crippen LogP contribution in [0, 0.1) is 0 Å². The number of nitrogens with one attached hydrogen (secondary N) is 1. The lowest BCUT2D eigenvalue weighted by Gasteiger charge is -2.32. The second kappa shape index (κ2) is 18.8. The molecule has 1 N–H and O–H groups in total. The van der Waals surface area contributed by atoms with Gasteiger partial charge in [0.05, 0.1) is 5.69 Å². The van der Waals surface area contributed by atoms with Crippen molar-refractivity contribution in [3.63, 3.8) is 0 Å². The van der Waals surface area contributed by atoms with Crippen LogP contribution in [0.15, 0.2) is 65.7 Å². The molecule has 2 aromatic carbocycles. The zero-order valence-corrected chi connectivity index (χ0v) is 25.7. The molecule has 2 heterocycles. The molecule has 1 aliphatic rings. The average molecular weight is 583 g/mol. The molecule has 3 aromatic rings. The van der Waals surface area contributed by atoms with Gasteiger partial charge in [-0.1, -0.05) is 12.1 Å². The number of methoxy groups -OCH3 is 2. The Morgan fingerprint density at radius 1 is 0.951 bits per heavy atom. The van der Waals surface area contributed by atoms with Crippen molar-refractivity contribution in [2.24, 2.45) is 0 Å². The maximum absolute atomic E-state index is 12.7. The predicted molar refractivity (Wildman–Crippen MR) is 165 cm³/mol. The molecule has 0 saturated carbocycles. The monoisotopic (exact) mass is 582 g/mol. The standard InChI is InChI=1S/C24H26N6O2S.2C3H8O/c1-28(2)33-21-9-5-18(6-10-21)22-11-12-25-24(27-22)26-20-7-3-19(4-8-20)23(32)30-15-13-29(17-31)14-16-30;2*1-3-4-2/h3-12,17H,13-16H2,1-2H3,(H,25,26,27);2*3H2,1-2H3. The van der Waals surface area contributed by atoms with E-state index >= 15 is 0 Å². The van der Waals surface area contributed by atoms with Crippen molar-refractivity contribution in [2.75, 3.05) is 73.0 Å². The molecule has 11 heteroatoms. The van der Waals surface area contributed by atoms with Crippen molar-refractivity contribution in [1.29, 1.82) is 0 Å². The fraction of sp³-hybridized carbons (Fsp3) is 0.400. The van der Waals surface area contributed by atoms with Gasteiger partial charge >= 0.3 is 0 Å². The van der Waals surface area contributed by atoms with Crippen molar-refractivity contribution in [2.45, 2.75) is 18.7 Å². The van der Waals surface area contributed by atoms with Gasteiger partial charge in [-0.25, -0.2) is 9.97 Å². The summed E-state index contributed by atoms with van der Waals surface area (Å²) in [4.78, 5) is 37.1. The molecule has 41 heavy (non-hydrogen) atoms. The number of amides is 2. The van der Waals surface area contributed by atoms with E-state index in [-0.39, 0.29) is 5.91 Å². The lowest BCUT2D eigenvalue weighted by atomic mass is 10.1. The lowest BCUT2D eigenvalue weighted by molar-refractivity contribution is -0.119. The minimum atomic E-state index is -0.0266. The summed E-state index contributed by atoms with van der Waals surface area (Å²) < 4.78 is 11.1. The van der Waals surface area contributed by atoms with E-state index in [0.29, 0.717) is 37.7 Å². The smallest absolute Gasteiger partial charge is 0.253 e. The molecule has 10 nitrogen and oxygen atoms in total. The maximum atomic E-state index is 12.7. The fourth-order valence-corrected chi connectivity index (χ4v) is 4.19. The Morgan fingerprint density at radius 2 is 1.54 bits per heavy atom. The van der Waals surface area contributed by atoms with Crippen LogP contribution in [0.25, 0.3) is 11.3 Å². The van der Waals surface area contributed by atoms with E-state index in [1.807, 2.05) is 62.6 Å². The van der Waals surface area contributed by atoms with Gasteiger partial charge in [-0.05, 0) is 82.4 Å². The largest absolute Gasteiger partial charge is 0.385 e. The van der Waals surface area contributed by atoms with Gasteiger partial charge in [-0.15, -0.1) is 0 Å². The van der Waals surface area contributed by atoms with Crippen LogP contribution in [0.4, 0.5) is 11.6 Å². The van der Waals surface area contributed by atoms with Crippen LogP contribution < -0.4 is 5.32 Å². The molecule has 0 radical (unpaired) electrons. The van der Waals surface area contributed by atoms with Crippen LogP contribution in [0.2, 0.25) is 0 Å². The highest BCUT2D eigenvalue weighted by Gasteiger charge is 2.21. The van der Waals surface area contributed by atoms with Crippen LogP contribution in [-0.4, -0.2) is 104 Å². The third-order valence-electron chi connectivity index (χ3n) is 5.81. The summed E-state index contributed by atoms with van der Waals surface area (Å²) in [6, 6.07) is 17.4. The van der Waals surface area contributed by atoms with E-state index in [1.165, 1.54) is 0 Å². The van der Waals surface area contributed by atoms with Crippen LogP contribution in [0.1, 0.15) is 24.2 Å². The molecule has 0 atom stereocenters. The number of piperazine rings is 1. The summed E-state index contributed by atoms with van der Waals surface area (Å²) in [5.74, 6) is 0.463. The molecule has 0 unspecified atom stereocenters. The van der Waals surface area contributed by atoms with E-state index < -0.39 is 0 Å². The van der Waals surface area contributed by atoms with E-state index in [9.17, 15) is 9.59 Å². The number of carbonyl (C=O) groups excluding carboxylic acids is 2. The van der Waals surface area contributed by atoms with Crippen molar-refractivity contribution in [1.82, 2.24) is 24.1 Å².